The van der Waals surface area contributed by atoms with Crippen molar-refractivity contribution in [2.75, 3.05) is 17.3 Å². The second kappa shape index (κ2) is 9.80. The first kappa shape index (κ1) is 23.7. The molecule has 3 aromatic rings. The van der Waals surface area contributed by atoms with Gasteiger partial charge in [0.2, 0.25) is 5.89 Å². The summed E-state index contributed by atoms with van der Waals surface area (Å²) in [6.45, 7) is 4.60. The van der Waals surface area contributed by atoms with Crippen LogP contribution in [0.2, 0.25) is 0 Å². The minimum absolute atomic E-state index is 0.00947. The van der Waals surface area contributed by atoms with Crippen molar-refractivity contribution in [1.29, 1.82) is 0 Å². The number of aryl methyl sites for hydroxylation is 2. The van der Waals surface area contributed by atoms with E-state index in [4.69, 9.17) is 4.42 Å². The van der Waals surface area contributed by atoms with E-state index in [0.29, 0.717) is 36.1 Å². The van der Waals surface area contributed by atoms with Crippen molar-refractivity contribution >= 4 is 27.4 Å². The average molecular weight is 492 g/mol. The van der Waals surface area contributed by atoms with Crippen molar-refractivity contribution in [1.82, 2.24) is 14.8 Å². The molecular formula is C23H26FN3O4S2. The van der Waals surface area contributed by atoms with Crippen LogP contribution in [0.25, 0.3) is 0 Å². The summed E-state index contributed by atoms with van der Waals surface area (Å²) in [4.78, 5) is 12.8. The van der Waals surface area contributed by atoms with Crippen molar-refractivity contribution < 1.29 is 22.0 Å². The molecule has 33 heavy (non-hydrogen) atoms. The zero-order valence-corrected chi connectivity index (χ0v) is 20.2. The second-order valence-corrected chi connectivity index (χ2v) is 11.6. The van der Waals surface area contributed by atoms with Crippen LogP contribution < -0.4 is 0 Å². The van der Waals surface area contributed by atoms with E-state index in [9.17, 15) is 17.6 Å². The number of thioether (sulfide) groups is 1. The summed E-state index contributed by atoms with van der Waals surface area (Å²) < 4.78 is 44.0. The van der Waals surface area contributed by atoms with Crippen LogP contribution in [0.5, 0.6) is 0 Å². The van der Waals surface area contributed by atoms with Crippen LogP contribution in [-0.2, 0) is 29.2 Å². The van der Waals surface area contributed by atoms with Gasteiger partial charge in [-0.05, 0) is 56.4 Å². The van der Waals surface area contributed by atoms with Gasteiger partial charge < -0.3 is 8.98 Å². The maximum atomic E-state index is 13.1. The highest BCUT2D eigenvalue weighted by Gasteiger charge is 2.29. The normalized spacial score (nSPS) is 17.5. The van der Waals surface area contributed by atoms with Crippen LogP contribution in [0, 0.1) is 25.6 Å². The standard InChI is InChI=1S/C23H26FN3O4S2/c1-15-11-20(16(2)27(15)9-7-17-3-5-19(24)6-4-17)21(28)13-32-23-26-25-22(31-23)12-18-8-10-33(29,30)14-18/h3-6,11,18H,7-10,12-14H2,1-2H3/t18-/m1/s1. The Kier molecular flexibility index (Phi) is 7.04. The number of carbonyl (C=O) groups excluding carboxylic acids is 1. The Morgan fingerprint density at radius 2 is 2.00 bits per heavy atom. The summed E-state index contributed by atoms with van der Waals surface area (Å²) in [5.41, 5.74) is 3.59. The molecule has 176 valence electrons. The third kappa shape index (κ3) is 5.92. The Hall–Kier alpha value is -2.46. The molecule has 0 unspecified atom stereocenters. The van der Waals surface area contributed by atoms with Crippen molar-refractivity contribution in [3.8, 4) is 0 Å². The number of Topliss-reactive ketones (excluding diaryl/α,β-unsaturated/α-hetero) is 1. The molecule has 1 atom stereocenters. The molecule has 2 aromatic heterocycles. The molecule has 0 amide bonds. The molecule has 4 rings (SSSR count). The number of aromatic nitrogens is 3. The SMILES string of the molecule is Cc1cc(C(=O)CSc2nnc(C[C@H]3CCS(=O)(=O)C3)o2)c(C)n1CCc1ccc(F)cc1. The highest BCUT2D eigenvalue weighted by molar-refractivity contribution is 7.99. The van der Waals surface area contributed by atoms with Gasteiger partial charge in [0.25, 0.3) is 5.22 Å². The lowest BCUT2D eigenvalue weighted by Crippen LogP contribution is -2.08. The molecule has 0 aliphatic carbocycles. The molecule has 0 spiro atoms. The summed E-state index contributed by atoms with van der Waals surface area (Å²) in [6.07, 6.45) is 1.80. The molecule has 0 radical (unpaired) electrons. The Balaban J connectivity index is 1.33. The van der Waals surface area contributed by atoms with Crippen LogP contribution in [-0.4, -0.2) is 46.2 Å². The lowest BCUT2D eigenvalue weighted by atomic mass is 10.1. The molecule has 1 aliphatic rings. The molecule has 1 saturated heterocycles. The fourth-order valence-corrected chi connectivity index (χ4v) is 6.71. The first-order chi connectivity index (χ1) is 15.7. The minimum Gasteiger partial charge on any atom is -0.416 e. The van der Waals surface area contributed by atoms with Gasteiger partial charge in [0.15, 0.2) is 15.6 Å². The molecule has 0 saturated carbocycles. The third-order valence-electron chi connectivity index (χ3n) is 5.98. The van der Waals surface area contributed by atoms with E-state index in [2.05, 4.69) is 14.8 Å². The number of hydrogen-bond donors (Lipinski definition) is 0. The largest absolute Gasteiger partial charge is 0.416 e. The highest BCUT2D eigenvalue weighted by Crippen LogP contribution is 2.25. The summed E-state index contributed by atoms with van der Waals surface area (Å²) in [7, 11) is -2.95. The lowest BCUT2D eigenvalue weighted by molar-refractivity contribution is 0.102. The zero-order chi connectivity index (χ0) is 23.6. The van der Waals surface area contributed by atoms with Crippen LogP contribution in [0.3, 0.4) is 0 Å². The van der Waals surface area contributed by atoms with Crippen molar-refractivity contribution in [3.63, 3.8) is 0 Å². The predicted molar refractivity (Wildman–Crippen MR) is 124 cm³/mol. The Morgan fingerprint density at radius 3 is 2.70 bits per heavy atom. The second-order valence-electron chi connectivity index (χ2n) is 8.46. The van der Waals surface area contributed by atoms with Gasteiger partial charge in [-0.15, -0.1) is 10.2 Å². The molecule has 1 aliphatic heterocycles. The monoisotopic (exact) mass is 491 g/mol. The van der Waals surface area contributed by atoms with Crippen LogP contribution in [0.1, 0.15) is 39.6 Å². The summed E-state index contributed by atoms with van der Waals surface area (Å²) in [6, 6.07) is 8.35. The van der Waals surface area contributed by atoms with E-state index in [1.807, 2.05) is 19.9 Å². The van der Waals surface area contributed by atoms with Crippen molar-refractivity contribution in [3.05, 3.63) is 64.6 Å². The number of nitrogens with zero attached hydrogens (tertiary/aromatic N) is 3. The van der Waals surface area contributed by atoms with Crippen LogP contribution in [0.4, 0.5) is 4.39 Å². The molecule has 10 heteroatoms. The average Bonchev–Trinajstić information content (AvgIpc) is 3.44. The van der Waals surface area contributed by atoms with Gasteiger partial charge in [0.05, 0.1) is 17.3 Å². The first-order valence-electron chi connectivity index (χ1n) is 10.8. The molecule has 7 nitrogen and oxygen atoms in total. The van der Waals surface area contributed by atoms with Gasteiger partial charge in [0.1, 0.15) is 5.82 Å². The number of sulfone groups is 1. The molecular weight excluding hydrogens is 465 g/mol. The van der Waals surface area contributed by atoms with E-state index in [1.165, 1.54) is 23.9 Å². The van der Waals surface area contributed by atoms with E-state index in [-0.39, 0.29) is 34.8 Å². The van der Waals surface area contributed by atoms with Gasteiger partial charge >= 0.3 is 0 Å². The fraction of sp³-hybridized carbons (Fsp3) is 0.435. The topological polar surface area (TPSA) is 95.1 Å². The fourth-order valence-electron chi connectivity index (χ4n) is 4.18. The molecule has 1 aromatic carbocycles. The van der Waals surface area contributed by atoms with E-state index in [1.54, 1.807) is 12.1 Å². The maximum absolute atomic E-state index is 13.1. The number of halogens is 1. The molecule has 0 N–H and O–H groups in total. The Labute approximate surface area is 196 Å². The van der Waals surface area contributed by atoms with Crippen molar-refractivity contribution in [2.24, 2.45) is 5.92 Å². The van der Waals surface area contributed by atoms with E-state index >= 15 is 0 Å². The minimum atomic E-state index is -2.95. The predicted octanol–water partition coefficient (Wildman–Crippen LogP) is 3.82. The van der Waals surface area contributed by atoms with Crippen molar-refractivity contribution in [2.45, 2.75) is 44.9 Å². The number of benzene rings is 1. The number of rotatable bonds is 9. The van der Waals surface area contributed by atoms with E-state index < -0.39 is 9.84 Å². The summed E-state index contributed by atoms with van der Waals surface area (Å²) in [5.74, 6) is 0.681. The van der Waals surface area contributed by atoms with Crippen LogP contribution >= 0.6 is 11.8 Å². The smallest absolute Gasteiger partial charge is 0.277 e. The Morgan fingerprint density at radius 1 is 1.24 bits per heavy atom. The van der Waals surface area contributed by atoms with Gasteiger partial charge in [-0.3, -0.25) is 4.79 Å². The van der Waals surface area contributed by atoms with Gasteiger partial charge in [0, 0.05) is 29.9 Å². The zero-order valence-electron chi connectivity index (χ0n) is 18.6. The van der Waals surface area contributed by atoms with Crippen LogP contribution in [0.15, 0.2) is 40.0 Å². The number of carbonyl (C=O) groups is 1. The lowest BCUT2D eigenvalue weighted by Gasteiger charge is -2.10. The molecule has 0 bridgehead atoms. The summed E-state index contributed by atoms with van der Waals surface area (Å²) >= 11 is 1.18. The maximum Gasteiger partial charge on any atom is 0.277 e. The number of hydrogen-bond acceptors (Lipinski definition) is 7. The quantitative estimate of drug-likeness (QED) is 0.332. The molecule has 3 heterocycles. The van der Waals surface area contributed by atoms with E-state index in [0.717, 1.165) is 23.4 Å². The van der Waals surface area contributed by atoms with Gasteiger partial charge in [-0.1, -0.05) is 23.9 Å². The number of ketones is 1. The first-order valence-corrected chi connectivity index (χ1v) is 13.6. The third-order valence-corrected chi connectivity index (χ3v) is 8.63. The highest BCUT2D eigenvalue weighted by atomic mass is 32.2. The van der Waals surface area contributed by atoms with Gasteiger partial charge in [-0.2, -0.15) is 0 Å². The van der Waals surface area contributed by atoms with Gasteiger partial charge in [-0.25, -0.2) is 12.8 Å². The summed E-state index contributed by atoms with van der Waals surface area (Å²) in [5, 5.41) is 8.30. The molecule has 1 fully saturated rings. The Bertz CT molecular complexity index is 1250.